The van der Waals surface area contributed by atoms with Crippen LogP contribution in [0.5, 0.6) is 5.75 Å². The van der Waals surface area contributed by atoms with Gasteiger partial charge in [0.1, 0.15) is 11.9 Å². The quantitative estimate of drug-likeness (QED) is 0.598. The predicted molar refractivity (Wildman–Crippen MR) is 113 cm³/mol. The van der Waals surface area contributed by atoms with E-state index in [1.807, 2.05) is 12.3 Å². The molecule has 28 heavy (non-hydrogen) atoms. The Labute approximate surface area is 167 Å². The first-order valence-corrected chi connectivity index (χ1v) is 10.1. The molecule has 4 heteroatoms. The number of ether oxygens (including phenoxy) is 1. The molecule has 0 bridgehead atoms. The Hall–Kier alpha value is -2.43. The van der Waals surface area contributed by atoms with Crippen LogP contribution in [-0.2, 0) is 4.84 Å². The molecule has 0 radical (unpaired) electrons. The third-order valence-electron chi connectivity index (χ3n) is 5.27. The van der Waals surface area contributed by atoms with Gasteiger partial charge in [0, 0.05) is 30.2 Å². The highest BCUT2D eigenvalue weighted by Crippen LogP contribution is 2.30. The van der Waals surface area contributed by atoms with Crippen molar-refractivity contribution in [3.63, 3.8) is 0 Å². The Balaban J connectivity index is 1.43. The number of para-hydroxylation sites is 1. The summed E-state index contributed by atoms with van der Waals surface area (Å²) in [5.41, 5.74) is 4.64. The normalized spacial score (nSPS) is 16.0. The first-order chi connectivity index (χ1) is 13.6. The van der Waals surface area contributed by atoms with Crippen LogP contribution in [0.3, 0.4) is 0 Å². The van der Waals surface area contributed by atoms with Gasteiger partial charge in [0.2, 0.25) is 0 Å². The van der Waals surface area contributed by atoms with Crippen LogP contribution in [-0.4, -0.2) is 35.3 Å². The number of hydrogen-bond acceptors (Lipinski definition) is 4. The molecule has 4 rings (SSSR count). The number of piperidine rings is 1. The zero-order chi connectivity index (χ0) is 19.5. The van der Waals surface area contributed by atoms with E-state index in [9.17, 15) is 0 Å². The Morgan fingerprint density at radius 3 is 2.43 bits per heavy atom. The van der Waals surface area contributed by atoms with Crippen molar-refractivity contribution >= 4 is 10.9 Å². The monoisotopic (exact) mass is 376 g/mol. The molecule has 3 aromatic rings. The van der Waals surface area contributed by atoms with Gasteiger partial charge in [-0.25, -0.2) is 0 Å². The van der Waals surface area contributed by atoms with E-state index >= 15 is 0 Å². The maximum Gasteiger partial charge on any atom is 0.119 e. The van der Waals surface area contributed by atoms with Crippen LogP contribution in [0.2, 0.25) is 0 Å². The van der Waals surface area contributed by atoms with E-state index in [-0.39, 0.29) is 12.2 Å². The maximum atomic E-state index is 6.20. The fourth-order valence-corrected chi connectivity index (χ4v) is 3.83. The molecule has 1 aliphatic rings. The molecule has 0 saturated carbocycles. The van der Waals surface area contributed by atoms with Crippen LogP contribution in [0.15, 0.2) is 54.7 Å². The summed E-state index contributed by atoms with van der Waals surface area (Å²) in [6.07, 6.45) is 4.43. The zero-order valence-corrected chi connectivity index (χ0v) is 16.9. The van der Waals surface area contributed by atoms with E-state index in [1.54, 1.807) is 0 Å². The molecule has 4 nitrogen and oxygen atoms in total. The average molecular weight is 376 g/mol. The summed E-state index contributed by atoms with van der Waals surface area (Å²) in [7, 11) is 0. The van der Waals surface area contributed by atoms with Crippen LogP contribution in [0, 0.1) is 6.92 Å². The summed E-state index contributed by atoms with van der Waals surface area (Å²) < 4.78 is 6.20. The topological polar surface area (TPSA) is 34.6 Å². The van der Waals surface area contributed by atoms with Gasteiger partial charge in [0.15, 0.2) is 0 Å². The molecule has 0 spiro atoms. The van der Waals surface area contributed by atoms with Crippen molar-refractivity contribution in [2.24, 2.45) is 0 Å². The molecule has 2 heterocycles. The maximum absolute atomic E-state index is 6.20. The number of aromatic nitrogens is 1. The number of hydrogen-bond donors (Lipinski definition) is 0. The van der Waals surface area contributed by atoms with E-state index in [4.69, 9.17) is 9.57 Å². The standard InChI is InChI=1S/C24H28N2O2/c1-17(2)28-26-14-12-21(13-15-26)27-20-10-8-19(9-11-20)23-16-25-24-7-5-4-6-22(24)18(23)3/h4-11,16-17,21H,12-15H2,1-3H3. The molecule has 0 unspecified atom stereocenters. The fraction of sp³-hybridized carbons (Fsp3) is 0.375. The third kappa shape index (κ3) is 4.18. The molecule has 0 aliphatic carbocycles. The van der Waals surface area contributed by atoms with Crippen LogP contribution >= 0.6 is 0 Å². The first kappa shape index (κ1) is 18.9. The fourth-order valence-electron chi connectivity index (χ4n) is 3.83. The van der Waals surface area contributed by atoms with Crippen LogP contribution in [0.1, 0.15) is 32.3 Å². The highest BCUT2D eigenvalue weighted by atomic mass is 16.7. The van der Waals surface area contributed by atoms with Crippen molar-refractivity contribution in [3.8, 4) is 16.9 Å². The molecule has 2 aromatic carbocycles. The molecule has 1 saturated heterocycles. The number of hydroxylamine groups is 2. The molecular formula is C24H28N2O2. The van der Waals surface area contributed by atoms with E-state index in [0.717, 1.165) is 37.2 Å². The second-order valence-corrected chi connectivity index (χ2v) is 7.74. The van der Waals surface area contributed by atoms with Gasteiger partial charge in [0.25, 0.3) is 0 Å². The lowest BCUT2D eigenvalue weighted by molar-refractivity contribution is -0.202. The number of fused-ring (bicyclic) bond motifs is 1. The second-order valence-electron chi connectivity index (χ2n) is 7.74. The van der Waals surface area contributed by atoms with Gasteiger partial charge in [-0.15, -0.1) is 0 Å². The molecule has 1 aromatic heterocycles. The molecule has 0 amide bonds. The first-order valence-electron chi connectivity index (χ1n) is 10.1. The smallest absolute Gasteiger partial charge is 0.119 e. The lowest BCUT2D eigenvalue weighted by Gasteiger charge is -2.32. The van der Waals surface area contributed by atoms with E-state index < -0.39 is 0 Å². The Morgan fingerprint density at radius 1 is 1.00 bits per heavy atom. The molecular weight excluding hydrogens is 348 g/mol. The lowest BCUT2D eigenvalue weighted by Crippen LogP contribution is -2.39. The Bertz CT molecular complexity index is 929. The average Bonchev–Trinajstić information content (AvgIpc) is 2.70. The summed E-state index contributed by atoms with van der Waals surface area (Å²) in [6, 6.07) is 16.7. The second kappa shape index (κ2) is 8.29. The van der Waals surface area contributed by atoms with Crippen molar-refractivity contribution in [2.75, 3.05) is 13.1 Å². The largest absolute Gasteiger partial charge is 0.490 e. The molecule has 146 valence electrons. The van der Waals surface area contributed by atoms with Crippen LogP contribution in [0.25, 0.3) is 22.0 Å². The van der Waals surface area contributed by atoms with Crippen LogP contribution in [0.4, 0.5) is 0 Å². The summed E-state index contributed by atoms with van der Waals surface area (Å²) in [5, 5.41) is 3.26. The predicted octanol–water partition coefficient (Wildman–Crippen LogP) is 5.39. The van der Waals surface area contributed by atoms with E-state index in [1.165, 1.54) is 22.1 Å². The zero-order valence-electron chi connectivity index (χ0n) is 16.9. The third-order valence-corrected chi connectivity index (χ3v) is 5.27. The number of pyridine rings is 1. The Kier molecular flexibility index (Phi) is 5.60. The van der Waals surface area contributed by atoms with Crippen molar-refractivity contribution in [3.05, 3.63) is 60.3 Å². The van der Waals surface area contributed by atoms with Gasteiger partial charge in [-0.05, 0) is 62.9 Å². The SMILES string of the molecule is Cc1c(-c2ccc(OC3CCN(OC(C)C)CC3)cc2)cnc2ccccc12. The summed E-state index contributed by atoms with van der Waals surface area (Å²) >= 11 is 0. The minimum absolute atomic E-state index is 0.234. The number of nitrogens with zero attached hydrogens (tertiary/aromatic N) is 2. The summed E-state index contributed by atoms with van der Waals surface area (Å²) in [5.74, 6) is 0.929. The van der Waals surface area contributed by atoms with Crippen LogP contribution < -0.4 is 4.74 Å². The minimum Gasteiger partial charge on any atom is -0.490 e. The van der Waals surface area contributed by atoms with E-state index in [0.29, 0.717) is 0 Å². The molecule has 1 aliphatic heterocycles. The minimum atomic E-state index is 0.234. The highest BCUT2D eigenvalue weighted by Gasteiger charge is 2.21. The van der Waals surface area contributed by atoms with Crippen molar-refractivity contribution in [2.45, 2.75) is 45.8 Å². The molecule has 0 atom stereocenters. The summed E-state index contributed by atoms with van der Waals surface area (Å²) in [4.78, 5) is 10.4. The Morgan fingerprint density at radius 2 is 1.71 bits per heavy atom. The van der Waals surface area contributed by atoms with Gasteiger partial charge in [-0.1, -0.05) is 30.3 Å². The molecule has 1 fully saturated rings. The van der Waals surface area contributed by atoms with Gasteiger partial charge < -0.3 is 4.74 Å². The number of rotatable bonds is 5. The highest BCUT2D eigenvalue weighted by molar-refractivity contribution is 5.88. The number of benzene rings is 2. The van der Waals surface area contributed by atoms with Gasteiger partial charge in [-0.2, -0.15) is 5.06 Å². The van der Waals surface area contributed by atoms with Gasteiger partial charge >= 0.3 is 0 Å². The van der Waals surface area contributed by atoms with Crippen molar-refractivity contribution in [1.29, 1.82) is 0 Å². The number of aryl methyl sites for hydroxylation is 1. The van der Waals surface area contributed by atoms with Crippen molar-refractivity contribution < 1.29 is 9.57 Å². The van der Waals surface area contributed by atoms with Gasteiger partial charge in [-0.3, -0.25) is 9.82 Å². The lowest BCUT2D eigenvalue weighted by atomic mass is 9.99. The van der Waals surface area contributed by atoms with E-state index in [2.05, 4.69) is 73.3 Å². The molecule has 0 N–H and O–H groups in total. The van der Waals surface area contributed by atoms with Crippen molar-refractivity contribution in [1.82, 2.24) is 10.0 Å². The summed E-state index contributed by atoms with van der Waals surface area (Å²) in [6.45, 7) is 8.14. The van der Waals surface area contributed by atoms with Gasteiger partial charge in [0.05, 0.1) is 11.6 Å².